The minimum absolute atomic E-state index is 0.00565. The van der Waals surface area contributed by atoms with E-state index in [1.165, 1.54) is 19.3 Å². The number of benzene rings is 1. The van der Waals surface area contributed by atoms with E-state index in [4.69, 9.17) is 4.74 Å². The summed E-state index contributed by atoms with van der Waals surface area (Å²) in [5.74, 6) is 1.15. The monoisotopic (exact) mass is 445 g/mol. The Morgan fingerprint density at radius 1 is 1.10 bits per heavy atom. The number of rotatable bonds is 6. The predicted octanol–water partition coefficient (Wildman–Crippen LogP) is 2.91. The maximum atomic E-state index is 13.6. The van der Waals surface area contributed by atoms with Crippen LogP contribution in [-0.4, -0.2) is 78.2 Å². The van der Waals surface area contributed by atoms with Gasteiger partial charge >= 0.3 is 0 Å². The number of thioether (sulfide) groups is 1. The van der Waals surface area contributed by atoms with Gasteiger partial charge in [0.25, 0.3) is 5.91 Å². The van der Waals surface area contributed by atoms with Crippen LogP contribution in [0.5, 0.6) is 0 Å². The standard InChI is InChI=1S/C24H35N3O3S/c1-18-7-9-19(10-8-18)23(29)27-21(17-31-24(27)20-5-3-2-4-6-20)22(28)25-11-12-26-13-15-30-16-14-26/h7-10,20-21,24H,2-6,11-17H2,1H3,(H,25,28). The van der Waals surface area contributed by atoms with Gasteiger partial charge in [-0.3, -0.25) is 14.5 Å². The van der Waals surface area contributed by atoms with E-state index >= 15 is 0 Å². The molecular formula is C24H35N3O3S. The van der Waals surface area contributed by atoms with Crippen molar-refractivity contribution in [2.75, 3.05) is 45.1 Å². The van der Waals surface area contributed by atoms with Crippen LogP contribution in [0.15, 0.2) is 24.3 Å². The Morgan fingerprint density at radius 3 is 2.52 bits per heavy atom. The second kappa shape index (κ2) is 10.8. The van der Waals surface area contributed by atoms with Gasteiger partial charge in [0.2, 0.25) is 5.91 Å². The first-order valence-corrected chi connectivity index (χ1v) is 12.8. The summed E-state index contributed by atoms with van der Waals surface area (Å²) in [6.45, 7) is 6.81. The van der Waals surface area contributed by atoms with Crippen molar-refractivity contribution < 1.29 is 14.3 Å². The van der Waals surface area contributed by atoms with Crippen LogP contribution < -0.4 is 5.32 Å². The molecule has 7 heteroatoms. The molecule has 1 aromatic carbocycles. The Labute approximate surface area is 190 Å². The van der Waals surface area contributed by atoms with Crippen molar-refractivity contribution in [3.05, 3.63) is 35.4 Å². The topological polar surface area (TPSA) is 61.9 Å². The van der Waals surface area contributed by atoms with Crippen molar-refractivity contribution in [3.63, 3.8) is 0 Å². The molecule has 2 saturated heterocycles. The number of hydrogen-bond acceptors (Lipinski definition) is 5. The first kappa shape index (κ1) is 22.6. The molecule has 1 aromatic rings. The number of amides is 2. The fourth-order valence-corrected chi connectivity index (χ4v) is 6.53. The quantitative estimate of drug-likeness (QED) is 0.730. The van der Waals surface area contributed by atoms with Crippen LogP contribution in [0.3, 0.4) is 0 Å². The molecule has 3 aliphatic rings. The van der Waals surface area contributed by atoms with Crippen LogP contribution >= 0.6 is 11.8 Å². The van der Waals surface area contributed by atoms with E-state index in [-0.39, 0.29) is 17.2 Å². The van der Waals surface area contributed by atoms with Gasteiger partial charge in [0.15, 0.2) is 0 Å². The number of hydrogen-bond donors (Lipinski definition) is 1. The maximum Gasteiger partial charge on any atom is 0.255 e. The number of morpholine rings is 1. The molecule has 3 fully saturated rings. The molecule has 1 aliphatic carbocycles. The fourth-order valence-electron chi connectivity index (χ4n) is 4.89. The van der Waals surface area contributed by atoms with E-state index in [9.17, 15) is 9.59 Å². The molecule has 1 N–H and O–H groups in total. The summed E-state index contributed by atoms with van der Waals surface area (Å²) in [7, 11) is 0. The van der Waals surface area contributed by atoms with Gasteiger partial charge in [-0.2, -0.15) is 0 Å². The molecule has 2 amide bonds. The van der Waals surface area contributed by atoms with Gasteiger partial charge in [0, 0.05) is 37.5 Å². The largest absolute Gasteiger partial charge is 0.379 e. The van der Waals surface area contributed by atoms with Crippen molar-refractivity contribution in [2.24, 2.45) is 5.92 Å². The lowest BCUT2D eigenvalue weighted by atomic mass is 9.88. The van der Waals surface area contributed by atoms with E-state index in [0.29, 0.717) is 23.8 Å². The van der Waals surface area contributed by atoms with Crippen molar-refractivity contribution >= 4 is 23.6 Å². The molecule has 1 saturated carbocycles. The zero-order valence-corrected chi connectivity index (χ0v) is 19.4. The van der Waals surface area contributed by atoms with Crippen LogP contribution in [0, 0.1) is 12.8 Å². The summed E-state index contributed by atoms with van der Waals surface area (Å²) >= 11 is 1.80. The molecule has 0 radical (unpaired) electrons. The molecule has 2 atom stereocenters. The molecule has 31 heavy (non-hydrogen) atoms. The molecule has 2 heterocycles. The van der Waals surface area contributed by atoms with Gasteiger partial charge in [-0.15, -0.1) is 11.8 Å². The average molecular weight is 446 g/mol. The molecule has 0 aromatic heterocycles. The molecule has 6 nitrogen and oxygen atoms in total. The zero-order valence-electron chi connectivity index (χ0n) is 18.6. The third-order valence-corrected chi connectivity index (χ3v) is 8.22. The Bertz CT molecular complexity index is 745. The van der Waals surface area contributed by atoms with Gasteiger partial charge < -0.3 is 15.0 Å². The van der Waals surface area contributed by atoms with Crippen LogP contribution in [0.1, 0.15) is 48.0 Å². The summed E-state index contributed by atoms with van der Waals surface area (Å²) in [4.78, 5) is 30.9. The SMILES string of the molecule is Cc1ccc(C(=O)N2C(C(=O)NCCN3CCOCC3)CSC2C2CCCCC2)cc1. The first-order valence-electron chi connectivity index (χ1n) is 11.7. The highest BCUT2D eigenvalue weighted by molar-refractivity contribution is 8.00. The second-order valence-electron chi connectivity index (χ2n) is 8.96. The number of ether oxygens (including phenoxy) is 1. The van der Waals surface area contributed by atoms with Crippen molar-refractivity contribution in [3.8, 4) is 0 Å². The maximum absolute atomic E-state index is 13.6. The van der Waals surface area contributed by atoms with E-state index in [0.717, 1.165) is 51.3 Å². The summed E-state index contributed by atoms with van der Waals surface area (Å²) in [6.07, 6.45) is 6.04. The molecule has 2 aliphatic heterocycles. The first-order chi connectivity index (χ1) is 15.1. The number of aryl methyl sites for hydroxylation is 1. The van der Waals surface area contributed by atoms with Crippen LogP contribution in [0.2, 0.25) is 0 Å². The highest BCUT2D eigenvalue weighted by atomic mass is 32.2. The van der Waals surface area contributed by atoms with Gasteiger partial charge in [0.1, 0.15) is 6.04 Å². The molecule has 0 bridgehead atoms. The van der Waals surface area contributed by atoms with E-state index in [2.05, 4.69) is 10.2 Å². The molecule has 4 rings (SSSR count). The minimum Gasteiger partial charge on any atom is -0.379 e. The lowest BCUT2D eigenvalue weighted by Crippen LogP contribution is -2.52. The number of nitrogens with zero attached hydrogens (tertiary/aromatic N) is 2. The summed E-state index contributed by atoms with van der Waals surface area (Å²) in [5, 5.41) is 3.21. The Kier molecular flexibility index (Phi) is 7.91. The van der Waals surface area contributed by atoms with Gasteiger partial charge in [-0.05, 0) is 37.8 Å². The second-order valence-corrected chi connectivity index (χ2v) is 10.1. The Morgan fingerprint density at radius 2 is 1.81 bits per heavy atom. The third kappa shape index (κ3) is 5.62. The minimum atomic E-state index is -0.393. The summed E-state index contributed by atoms with van der Waals surface area (Å²) in [5.41, 5.74) is 1.81. The molecular weight excluding hydrogens is 410 g/mol. The highest BCUT2D eigenvalue weighted by Gasteiger charge is 2.45. The number of nitrogens with one attached hydrogen (secondary N) is 1. The Balaban J connectivity index is 1.44. The van der Waals surface area contributed by atoms with Crippen molar-refractivity contribution in [1.82, 2.24) is 15.1 Å². The van der Waals surface area contributed by atoms with E-state index in [1.807, 2.05) is 36.1 Å². The van der Waals surface area contributed by atoms with Crippen molar-refractivity contribution in [2.45, 2.75) is 50.4 Å². The van der Waals surface area contributed by atoms with Crippen molar-refractivity contribution in [1.29, 1.82) is 0 Å². The normalized spacial score (nSPS) is 25.5. The average Bonchev–Trinajstić information content (AvgIpc) is 3.26. The lowest BCUT2D eigenvalue weighted by Gasteiger charge is -2.35. The molecule has 170 valence electrons. The summed E-state index contributed by atoms with van der Waals surface area (Å²) in [6, 6.07) is 7.35. The molecule has 2 unspecified atom stereocenters. The number of carbonyl (C=O) groups is 2. The fraction of sp³-hybridized carbons (Fsp3) is 0.667. The van der Waals surface area contributed by atoms with Crippen LogP contribution in [0.4, 0.5) is 0 Å². The van der Waals surface area contributed by atoms with Crippen LogP contribution in [0.25, 0.3) is 0 Å². The Hall–Kier alpha value is -1.57. The number of carbonyl (C=O) groups excluding carboxylic acids is 2. The molecule has 0 spiro atoms. The van der Waals surface area contributed by atoms with Gasteiger partial charge in [0.05, 0.1) is 18.6 Å². The van der Waals surface area contributed by atoms with Gasteiger partial charge in [-0.25, -0.2) is 0 Å². The third-order valence-electron chi connectivity index (χ3n) is 6.75. The van der Waals surface area contributed by atoms with Gasteiger partial charge in [-0.1, -0.05) is 37.0 Å². The highest BCUT2D eigenvalue weighted by Crippen LogP contribution is 2.41. The summed E-state index contributed by atoms with van der Waals surface area (Å²) < 4.78 is 5.39. The lowest BCUT2D eigenvalue weighted by molar-refractivity contribution is -0.125. The van der Waals surface area contributed by atoms with Crippen LogP contribution in [-0.2, 0) is 9.53 Å². The zero-order chi connectivity index (χ0) is 21.6. The van der Waals surface area contributed by atoms with E-state index < -0.39 is 6.04 Å². The smallest absolute Gasteiger partial charge is 0.255 e. The predicted molar refractivity (Wildman–Crippen MR) is 124 cm³/mol. The van der Waals surface area contributed by atoms with E-state index in [1.54, 1.807) is 11.8 Å².